The van der Waals surface area contributed by atoms with Crippen LogP contribution in [0.3, 0.4) is 0 Å². The Morgan fingerprint density at radius 2 is 2.19 bits per heavy atom. The van der Waals surface area contributed by atoms with Crippen molar-refractivity contribution in [2.75, 3.05) is 6.61 Å². The molecule has 0 radical (unpaired) electrons. The van der Waals surface area contributed by atoms with Gasteiger partial charge in [0.2, 0.25) is 0 Å². The molecular formula is C11H13NO4. The van der Waals surface area contributed by atoms with Gasteiger partial charge in [-0.2, -0.15) is 0 Å². The molecular weight excluding hydrogens is 210 g/mol. The number of hydrogen-bond donors (Lipinski definition) is 0. The summed E-state index contributed by atoms with van der Waals surface area (Å²) in [5.41, 5.74) is -0.102. The minimum Gasteiger partial charge on any atom is -0.493 e. The number of hydrogen-bond acceptors (Lipinski definition) is 4. The first-order valence-electron chi connectivity index (χ1n) is 4.98. The molecule has 0 unspecified atom stereocenters. The summed E-state index contributed by atoms with van der Waals surface area (Å²) in [6, 6.07) is 4.28. The molecule has 0 aliphatic carbocycles. The molecule has 0 saturated heterocycles. The number of rotatable bonds is 5. The first-order valence-corrected chi connectivity index (χ1v) is 4.98. The summed E-state index contributed by atoms with van der Waals surface area (Å²) in [6.45, 7) is 3.74. The summed E-state index contributed by atoms with van der Waals surface area (Å²) in [4.78, 5) is 21.3. The molecule has 1 rings (SSSR count). The Labute approximate surface area is 93.2 Å². The first-order chi connectivity index (χ1) is 7.56. The fourth-order valence-corrected chi connectivity index (χ4v) is 1.27. The zero-order chi connectivity index (χ0) is 12.1. The minimum absolute atomic E-state index is 0.105. The van der Waals surface area contributed by atoms with Crippen LogP contribution in [0.2, 0.25) is 0 Å². The molecule has 0 N–H and O–H groups in total. The van der Waals surface area contributed by atoms with E-state index in [2.05, 4.69) is 0 Å². The van der Waals surface area contributed by atoms with Crippen molar-refractivity contribution in [3.05, 3.63) is 33.9 Å². The molecule has 1 aromatic rings. The third kappa shape index (κ3) is 2.79. The predicted octanol–water partition coefficient (Wildman–Crippen LogP) is 2.59. The van der Waals surface area contributed by atoms with Crippen LogP contribution in [0.15, 0.2) is 18.2 Å². The predicted molar refractivity (Wildman–Crippen MR) is 58.9 cm³/mol. The Kier molecular flexibility index (Phi) is 3.99. The van der Waals surface area contributed by atoms with Crippen molar-refractivity contribution < 1.29 is 14.5 Å². The summed E-state index contributed by atoms with van der Waals surface area (Å²) in [5, 5.41) is 10.8. The lowest BCUT2D eigenvalue weighted by Gasteiger charge is -2.05. The second-order valence-electron chi connectivity index (χ2n) is 3.34. The topological polar surface area (TPSA) is 69.4 Å². The number of Topliss-reactive ketones (excluding diaryl/α,β-unsaturated/α-hetero) is 1. The van der Waals surface area contributed by atoms with Crippen LogP contribution in [0.25, 0.3) is 0 Å². The van der Waals surface area contributed by atoms with Crippen molar-refractivity contribution in [2.24, 2.45) is 0 Å². The van der Waals surface area contributed by atoms with Crippen LogP contribution in [0, 0.1) is 10.1 Å². The number of nitro benzene ring substituents is 1. The number of ketones is 1. The van der Waals surface area contributed by atoms with E-state index in [1.54, 1.807) is 6.07 Å². The maximum atomic E-state index is 11.2. The van der Waals surface area contributed by atoms with Crippen molar-refractivity contribution in [3.63, 3.8) is 0 Å². The first kappa shape index (κ1) is 12.2. The van der Waals surface area contributed by atoms with Crippen LogP contribution >= 0.6 is 0 Å². The van der Waals surface area contributed by atoms with Crippen molar-refractivity contribution in [2.45, 2.75) is 20.3 Å². The van der Waals surface area contributed by atoms with E-state index in [4.69, 9.17) is 4.74 Å². The Morgan fingerprint density at radius 1 is 1.50 bits per heavy atom. The third-order valence-electron chi connectivity index (χ3n) is 2.02. The van der Waals surface area contributed by atoms with Crippen molar-refractivity contribution in [1.29, 1.82) is 0 Å². The van der Waals surface area contributed by atoms with E-state index in [9.17, 15) is 14.9 Å². The van der Waals surface area contributed by atoms with Crippen LogP contribution in [0.1, 0.15) is 30.6 Å². The van der Waals surface area contributed by atoms with Gasteiger partial charge in [0, 0.05) is 0 Å². The summed E-state index contributed by atoms with van der Waals surface area (Å²) in [5.74, 6) is 0.0901. The maximum absolute atomic E-state index is 11.2. The molecule has 16 heavy (non-hydrogen) atoms. The highest BCUT2D eigenvalue weighted by Crippen LogP contribution is 2.25. The minimum atomic E-state index is -0.574. The number of ether oxygens (including phenoxy) is 1. The number of carbonyl (C=O) groups excluding carboxylic acids is 1. The lowest BCUT2D eigenvalue weighted by Crippen LogP contribution is -2.02. The van der Waals surface area contributed by atoms with Gasteiger partial charge in [-0.05, 0) is 25.5 Å². The molecule has 0 fully saturated rings. The lowest BCUT2D eigenvalue weighted by atomic mass is 10.1. The van der Waals surface area contributed by atoms with E-state index in [1.807, 2.05) is 6.92 Å². The van der Waals surface area contributed by atoms with Gasteiger partial charge in [0.15, 0.2) is 5.78 Å². The number of nitro groups is 1. The third-order valence-corrected chi connectivity index (χ3v) is 2.02. The molecule has 0 saturated carbocycles. The maximum Gasteiger partial charge on any atom is 0.283 e. The standard InChI is InChI=1S/C11H13NO4/c1-3-6-16-9-4-5-10(8(2)13)11(7-9)12(14)15/h4-5,7H,3,6H2,1-2H3. The Bertz CT molecular complexity index is 414. The van der Waals surface area contributed by atoms with E-state index < -0.39 is 4.92 Å². The monoisotopic (exact) mass is 223 g/mol. The highest BCUT2D eigenvalue weighted by molar-refractivity contribution is 5.98. The highest BCUT2D eigenvalue weighted by Gasteiger charge is 2.18. The summed E-state index contributed by atoms with van der Waals surface area (Å²) in [6.07, 6.45) is 0.822. The van der Waals surface area contributed by atoms with Crippen LogP contribution in [-0.2, 0) is 0 Å². The van der Waals surface area contributed by atoms with Gasteiger partial charge < -0.3 is 4.74 Å². The fraction of sp³-hybridized carbons (Fsp3) is 0.364. The lowest BCUT2D eigenvalue weighted by molar-refractivity contribution is -0.385. The molecule has 0 spiro atoms. The Morgan fingerprint density at radius 3 is 2.69 bits per heavy atom. The molecule has 0 aliphatic rings. The molecule has 0 atom stereocenters. The second kappa shape index (κ2) is 5.25. The number of benzene rings is 1. The SMILES string of the molecule is CCCOc1ccc(C(C)=O)c([N+](=O)[O-])c1. The molecule has 0 heterocycles. The van der Waals surface area contributed by atoms with Crippen molar-refractivity contribution >= 4 is 11.5 Å². The average Bonchev–Trinajstić information content (AvgIpc) is 2.25. The Balaban J connectivity index is 3.07. The van der Waals surface area contributed by atoms with Gasteiger partial charge in [0.05, 0.1) is 23.2 Å². The van der Waals surface area contributed by atoms with E-state index in [-0.39, 0.29) is 17.0 Å². The van der Waals surface area contributed by atoms with Gasteiger partial charge in [-0.15, -0.1) is 0 Å². The van der Waals surface area contributed by atoms with E-state index in [0.29, 0.717) is 12.4 Å². The van der Waals surface area contributed by atoms with Crippen LogP contribution in [0.4, 0.5) is 5.69 Å². The number of carbonyl (C=O) groups is 1. The van der Waals surface area contributed by atoms with Crippen molar-refractivity contribution in [3.8, 4) is 5.75 Å². The Hall–Kier alpha value is -1.91. The largest absolute Gasteiger partial charge is 0.493 e. The smallest absolute Gasteiger partial charge is 0.283 e. The zero-order valence-corrected chi connectivity index (χ0v) is 9.23. The molecule has 5 nitrogen and oxygen atoms in total. The molecule has 0 aliphatic heterocycles. The average molecular weight is 223 g/mol. The van der Waals surface area contributed by atoms with E-state index in [1.165, 1.54) is 19.1 Å². The molecule has 0 bridgehead atoms. The zero-order valence-electron chi connectivity index (χ0n) is 9.23. The summed E-state index contributed by atoms with van der Waals surface area (Å²) >= 11 is 0. The molecule has 0 amide bonds. The molecule has 86 valence electrons. The quantitative estimate of drug-likeness (QED) is 0.437. The van der Waals surface area contributed by atoms with Gasteiger partial charge >= 0.3 is 0 Å². The molecule has 5 heteroatoms. The molecule has 0 aromatic heterocycles. The van der Waals surface area contributed by atoms with Crippen LogP contribution in [0.5, 0.6) is 5.75 Å². The molecule has 1 aromatic carbocycles. The highest BCUT2D eigenvalue weighted by atomic mass is 16.6. The van der Waals surface area contributed by atoms with Gasteiger partial charge in [0.25, 0.3) is 5.69 Å². The van der Waals surface area contributed by atoms with Crippen LogP contribution < -0.4 is 4.74 Å². The van der Waals surface area contributed by atoms with E-state index >= 15 is 0 Å². The van der Waals surface area contributed by atoms with Gasteiger partial charge in [-0.3, -0.25) is 14.9 Å². The van der Waals surface area contributed by atoms with Gasteiger partial charge in [-0.1, -0.05) is 6.92 Å². The normalized spacial score (nSPS) is 9.88. The van der Waals surface area contributed by atoms with E-state index in [0.717, 1.165) is 6.42 Å². The summed E-state index contributed by atoms with van der Waals surface area (Å²) < 4.78 is 5.26. The van der Waals surface area contributed by atoms with Crippen molar-refractivity contribution in [1.82, 2.24) is 0 Å². The number of nitrogens with zero attached hydrogens (tertiary/aromatic N) is 1. The van der Waals surface area contributed by atoms with Gasteiger partial charge in [0.1, 0.15) is 5.75 Å². The second-order valence-corrected chi connectivity index (χ2v) is 3.34. The summed E-state index contributed by atoms with van der Waals surface area (Å²) in [7, 11) is 0. The van der Waals surface area contributed by atoms with Crippen LogP contribution in [-0.4, -0.2) is 17.3 Å². The fourth-order valence-electron chi connectivity index (χ4n) is 1.27. The van der Waals surface area contributed by atoms with Gasteiger partial charge in [-0.25, -0.2) is 0 Å².